The molecule has 0 radical (unpaired) electrons. The van der Waals surface area contributed by atoms with E-state index in [9.17, 15) is 14.4 Å². The van der Waals surface area contributed by atoms with Gasteiger partial charge in [-0.15, -0.1) is 0 Å². The number of nitrogens with one attached hydrogen (secondary N) is 2. The maximum atomic E-state index is 12.6. The Balaban J connectivity index is 1.27. The van der Waals surface area contributed by atoms with Crippen LogP contribution in [0.4, 0.5) is 4.79 Å². The van der Waals surface area contributed by atoms with Crippen molar-refractivity contribution >= 4 is 18.0 Å². The van der Waals surface area contributed by atoms with Gasteiger partial charge >= 0.3 is 12.1 Å². The summed E-state index contributed by atoms with van der Waals surface area (Å²) in [6.45, 7) is 2.52. The number of ether oxygens (including phenoxy) is 1. The van der Waals surface area contributed by atoms with Gasteiger partial charge in [-0.25, -0.2) is 4.79 Å². The fourth-order valence-electron chi connectivity index (χ4n) is 4.76. The van der Waals surface area contributed by atoms with Crippen LogP contribution in [0.2, 0.25) is 0 Å². The summed E-state index contributed by atoms with van der Waals surface area (Å²) in [5.41, 5.74) is 4.67. The lowest BCUT2D eigenvalue weighted by molar-refractivity contribution is -0.138. The summed E-state index contributed by atoms with van der Waals surface area (Å²) >= 11 is 0. The summed E-state index contributed by atoms with van der Waals surface area (Å²) in [4.78, 5) is 35.8. The van der Waals surface area contributed by atoms with E-state index >= 15 is 0 Å². The molecule has 1 fully saturated rings. The van der Waals surface area contributed by atoms with E-state index in [2.05, 4.69) is 34.9 Å². The van der Waals surface area contributed by atoms with Gasteiger partial charge in [0.05, 0.1) is 0 Å². The number of carboxylic acid groups (broad SMARTS) is 1. The molecule has 0 aromatic heterocycles. The minimum atomic E-state index is -0.833. The fourth-order valence-corrected chi connectivity index (χ4v) is 4.76. The van der Waals surface area contributed by atoms with E-state index in [1.807, 2.05) is 31.2 Å². The third kappa shape index (κ3) is 5.95. The zero-order valence-electron chi connectivity index (χ0n) is 19.5. The molecular formula is C27H32N2O5. The highest BCUT2D eigenvalue weighted by Gasteiger charge is 2.35. The van der Waals surface area contributed by atoms with Crippen LogP contribution in [0.3, 0.4) is 0 Å². The maximum Gasteiger partial charge on any atom is 0.407 e. The highest BCUT2D eigenvalue weighted by Crippen LogP contribution is 2.44. The Kier molecular flexibility index (Phi) is 7.50. The first-order valence-electron chi connectivity index (χ1n) is 12.0. The zero-order valence-corrected chi connectivity index (χ0v) is 19.5. The van der Waals surface area contributed by atoms with Gasteiger partial charge in [0.1, 0.15) is 6.61 Å². The lowest BCUT2D eigenvalue weighted by atomic mass is 9.98. The molecule has 180 valence electrons. The van der Waals surface area contributed by atoms with Crippen LogP contribution in [0.5, 0.6) is 0 Å². The van der Waals surface area contributed by atoms with E-state index in [4.69, 9.17) is 9.84 Å². The molecule has 0 bridgehead atoms. The van der Waals surface area contributed by atoms with Crippen LogP contribution in [-0.2, 0) is 14.3 Å². The summed E-state index contributed by atoms with van der Waals surface area (Å²) in [7, 11) is 0. The molecule has 0 aliphatic heterocycles. The molecule has 2 aliphatic carbocycles. The lowest BCUT2D eigenvalue weighted by Gasteiger charge is -2.20. The second kappa shape index (κ2) is 10.7. The van der Waals surface area contributed by atoms with Crippen LogP contribution in [-0.4, -0.2) is 42.3 Å². The molecule has 2 amide bonds. The summed E-state index contributed by atoms with van der Waals surface area (Å²) in [6.07, 6.45) is 2.36. The highest BCUT2D eigenvalue weighted by atomic mass is 16.5. The second-order valence-corrected chi connectivity index (χ2v) is 9.46. The quantitative estimate of drug-likeness (QED) is 0.460. The molecule has 2 atom stereocenters. The van der Waals surface area contributed by atoms with Gasteiger partial charge in [-0.2, -0.15) is 0 Å². The van der Waals surface area contributed by atoms with Crippen LogP contribution < -0.4 is 10.6 Å². The van der Waals surface area contributed by atoms with Crippen molar-refractivity contribution in [2.75, 3.05) is 13.2 Å². The van der Waals surface area contributed by atoms with Gasteiger partial charge < -0.3 is 20.5 Å². The van der Waals surface area contributed by atoms with Crippen molar-refractivity contribution in [3.8, 4) is 11.1 Å². The van der Waals surface area contributed by atoms with Crippen molar-refractivity contribution in [3.63, 3.8) is 0 Å². The highest BCUT2D eigenvalue weighted by molar-refractivity contribution is 5.79. The topological polar surface area (TPSA) is 105 Å². The molecule has 2 unspecified atom stereocenters. The Morgan fingerprint density at radius 1 is 1.00 bits per heavy atom. The summed E-state index contributed by atoms with van der Waals surface area (Å²) in [5, 5.41) is 14.6. The molecule has 2 aliphatic rings. The molecule has 3 N–H and O–H groups in total. The SMILES string of the molecule is CC(CCNC(=O)CC(NC(=O)OCC1c2ccccc2-c2ccccc21)C1CC1)CC(=O)O. The third-order valence-corrected chi connectivity index (χ3v) is 6.73. The third-order valence-electron chi connectivity index (χ3n) is 6.73. The lowest BCUT2D eigenvalue weighted by Crippen LogP contribution is -2.41. The van der Waals surface area contributed by atoms with Crippen molar-refractivity contribution in [2.24, 2.45) is 11.8 Å². The minimum absolute atomic E-state index is 0.00372. The molecule has 34 heavy (non-hydrogen) atoms. The largest absolute Gasteiger partial charge is 0.481 e. The van der Waals surface area contributed by atoms with Gasteiger partial charge in [-0.05, 0) is 53.4 Å². The number of hydrogen-bond acceptors (Lipinski definition) is 4. The Bertz CT molecular complexity index is 1000. The van der Waals surface area contributed by atoms with Gasteiger partial charge in [0.25, 0.3) is 0 Å². The number of hydrogen-bond donors (Lipinski definition) is 3. The second-order valence-electron chi connectivity index (χ2n) is 9.46. The maximum absolute atomic E-state index is 12.6. The van der Waals surface area contributed by atoms with Gasteiger partial charge in [0, 0.05) is 31.3 Å². The van der Waals surface area contributed by atoms with Gasteiger partial charge in [-0.3, -0.25) is 9.59 Å². The first kappa shape index (κ1) is 23.8. The Morgan fingerprint density at radius 3 is 2.21 bits per heavy atom. The van der Waals surface area contributed by atoms with E-state index in [1.165, 1.54) is 11.1 Å². The van der Waals surface area contributed by atoms with E-state index in [0.29, 0.717) is 13.0 Å². The van der Waals surface area contributed by atoms with Crippen molar-refractivity contribution in [2.45, 2.75) is 51.0 Å². The predicted molar refractivity (Wildman–Crippen MR) is 128 cm³/mol. The first-order chi connectivity index (χ1) is 16.4. The summed E-state index contributed by atoms with van der Waals surface area (Å²) in [6, 6.07) is 16.1. The number of amides is 2. The Labute approximate surface area is 199 Å². The van der Waals surface area contributed by atoms with Crippen LogP contribution in [0.1, 0.15) is 56.1 Å². The smallest absolute Gasteiger partial charge is 0.407 e. The molecule has 0 saturated heterocycles. The zero-order chi connectivity index (χ0) is 24.1. The first-order valence-corrected chi connectivity index (χ1v) is 12.0. The van der Waals surface area contributed by atoms with Gasteiger partial charge in [-0.1, -0.05) is 55.5 Å². The normalized spacial score (nSPS) is 16.1. The monoisotopic (exact) mass is 464 g/mol. The average Bonchev–Trinajstić information content (AvgIpc) is 3.60. The average molecular weight is 465 g/mol. The van der Waals surface area contributed by atoms with Crippen molar-refractivity contribution in [1.82, 2.24) is 10.6 Å². The molecule has 2 aromatic carbocycles. The van der Waals surface area contributed by atoms with Gasteiger partial charge in [0.2, 0.25) is 5.91 Å². The van der Waals surface area contributed by atoms with E-state index in [-0.39, 0.29) is 49.2 Å². The van der Waals surface area contributed by atoms with E-state index in [1.54, 1.807) is 0 Å². The molecule has 0 heterocycles. The van der Waals surface area contributed by atoms with Crippen LogP contribution >= 0.6 is 0 Å². The molecular weight excluding hydrogens is 432 g/mol. The van der Waals surface area contributed by atoms with Crippen LogP contribution in [0.15, 0.2) is 48.5 Å². The number of benzene rings is 2. The number of carboxylic acids is 1. The Morgan fingerprint density at radius 2 is 1.62 bits per heavy atom. The van der Waals surface area contributed by atoms with Crippen molar-refractivity contribution in [3.05, 3.63) is 59.7 Å². The molecule has 2 aromatic rings. The van der Waals surface area contributed by atoms with E-state index < -0.39 is 12.1 Å². The van der Waals surface area contributed by atoms with Crippen LogP contribution in [0.25, 0.3) is 11.1 Å². The molecule has 7 nitrogen and oxygen atoms in total. The van der Waals surface area contributed by atoms with E-state index in [0.717, 1.165) is 24.0 Å². The Hall–Kier alpha value is -3.35. The molecule has 4 rings (SSSR count). The van der Waals surface area contributed by atoms with Crippen LogP contribution in [0, 0.1) is 11.8 Å². The number of carbonyl (C=O) groups is 3. The van der Waals surface area contributed by atoms with Crippen molar-refractivity contribution in [1.29, 1.82) is 0 Å². The number of fused-ring (bicyclic) bond motifs is 3. The number of rotatable bonds is 11. The number of aliphatic carboxylic acids is 1. The molecule has 7 heteroatoms. The minimum Gasteiger partial charge on any atom is -0.481 e. The molecule has 0 spiro atoms. The fraction of sp³-hybridized carbons (Fsp3) is 0.444. The van der Waals surface area contributed by atoms with Crippen molar-refractivity contribution < 1.29 is 24.2 Å². The molecule has 1 saturated carbocycles. The standard InChI is InChI=1S/C27H32N2O5/c1-17(14-26(31)32)12-13-28-25(30)15-24(18-10-11-18)29-27(33)34-16-23-21-8-4-2-6-19(21)20-7-3-5-9-22(20)23/h2-9,17-18,23-24H,10-16H2,1H3,(H,28,30)(H,29,33)(H,31,32). The van der Waals surface area contributed by atoms with Gasteiger partial charge in [0.15, 0.2) is 0 Å². The number of alkyl carbamates (subject to hydrolysis) is 1. The summed E-state index contributed by atoms with van der Waals surface area (Å²) < 4.78 is 5.64. The predicted octanol–water partition coefficient (Wildman–Crippen LogP) is 4.31. The summed E-state index contributed by atoms with van der Waals surface area (Å²) in [5.74, 6) is -0.694. The number of carbonyl (C=O) groups excluding carboxylic acids is 2.